The predicted octanol–water partition coefficient (Wildman–Crippen LogP) is 1.67. The van der Waals surface area contributed by atoms with E-state index in [4.69, 9.17) is 0 Å². The topological polar surface area (TPSA) is 114 Å². The van der Waals surface area contributed by atoms with Gasteiger partial charge >= 0.3 is 0 Å². The summed E-state index contributed by atoms with van der Waals surface area (Å²) in [4.78, 5) is 52.1. The van der Waals surface area contributed by atoms with Crippen LogP contribution < -0.4 is 9.80 Å². The normalized spacial score (nSPS) is 15.6. The molecule has 130 valence electrons. The van der Waals surface area contributed by atoms with Gasteiger partial charge in [0.1, 0.15) is 0 Å². The van der Waals surface area contributed by atoms with Gasteiger partial charge < -0.3 is 0 Å². The van der Waals surface area contributed by atoms with Gasteiger partial charge in [-0.2, -0.15) is 0 Å². The molecular formula is C18H8N4O5. The van der Waals surface area contributed by atoms with Crippen molar-refractivity contribution in [1.82, 2.24) is 10.3 Å². The zero-order valence-corrected chi connectivity index (χ0v) is 13.4. The smallest absolute Gasteiger partial charge is 0.267 e. The maximum Gasteiger partial charge on any atom is 0.267 e. The molecule has 4 amide bonds. The van der Waals surface area contributed by atoms with E-state index in [1.807, 2.05) is 0 Å². The van der Waals surface area contributed by atoms with Crippen LogP contribution in [-0.2, 0) is 0 Å². The molecule has 5 rings (SSSR count). The molecule has 0 N–H and O–H groups in total. The van der Waals surface area contributed by atoms with E-state index in [1.165, 1.54) is 24.3 Å². The highest BCUT2D eigenvalue weighted by Crippen LogP contribution is 2.36. The standard InChI is InChI=1S/C18H8N4O5/c23-15-9-5-1-2-6-10(9)16(24)21(15)13-14(20-27-19-13)22-17(25)11-7-3-4-8-12(11)18(22)26/h1-8H. The van der Waals surface area contributed by atoms with Crippen LogP contribution in [-0.4, -0.2) is 33.9 Å². The van der Waals surface area contributed by atoms with Crippen molar-refractivity contribution in [3.63, 3.8) is 0 Å². The highest BCUT2D eigenvalue weighted by molar-refractivity contribution is 6.38. The molecule has 9 nitrogen and oxygen atoms in total. The second kappa shape index (κ2) is 5.18. The van der Waals surface area contributed by atoms with Crippen LogP contribution in [0.3, 0.4) is 0 Å². The minimum atomic E-state index is -0.635. The Hall–Kier alpha value is -4.14. The Kier molecular flexibility index (Phi) is 2.90. The van der Waals surface area contributed by atoms with Crippen molar-refractivity contribution in [3.05, 3.63) is 70.8 Å². The number of carbonyl (C=O) groups is 4. The molecule has 0 radical (unpaired) electrons. The lowest BCUT2D eigenvalue weighted by atomic mass is 10.1. The van der Waals surface area contributed by atoms with E-state index in [9.17, 15) is 19.2 Å². The van der Waals surface area contributed by atoms with E-state index in [-0.39, 0.29) is 33.9 Å². The molecule has 0 saturated heterocycles. The van der Waals surface area contributed by atoms with Crippen LogP contribution >= 0.6 is 0 Å². The summed E-state index contributed by atoms with van der Waals surface area (Å²) in [7, 11) is 0. The maximum atomic E-state index is 12.7. The number of carbonyl (C=O) groups excluding carboxylic acids is 4. The Labute approximate surface area is 150 Å². The second-order valence-corrected chi connectivity index (χ2v) is 5.89. The van der Waals surface area contributed by atoms with Gasteiger partial charge in [-0.3, -0.25) is 19.2 Å². The van der Waals surface area contributed by atoms with Crippen LogP contribution in [0.4, 0.5) is 11.6 Å². The number of nitrogens with zero attached hydrogens (tertiary/aromatic N) is 4. The van der Waals surface area contributed by atoms with E-state index in [2.05, 4.69) is 14.9 Å². The Morgan fingerprint density at radius 3 is 1.15 bits per heavy atom. The monoisotopic (exact) mass is 360 g/mol. The molecule has 3 heterocycles. The van der Waals surface area contributed by atoms with Crippen LogP contribution in [0, 0.1) is 0 Å². The van der Waals surface area contributed by atoms with Gasteiger partial charge in [-0.25, -0.2) is 14.4 Å². The van der Waals surface area contributed by atoms with E-state index >= 15 is 0 Å². The SMILES string of the molecule is O=C1c2ccccc2C(=O)N1c1nonc1N1C(=O)c2ccccc2C1=O. The maximum absolute atomic E-state index is 12.7. The van der Waals surface area contributed by atoms with Gasteiger partial charge in [-0.1, -0.05) is 24.3 Å². The highest BCUT2D eigenvalue weighted by Gasteiger charge is 2.45. The lowest BCUT2D eigenvalue weighted by Gasteiger charge is -2.15. The molecule has 9 heteroatoms. The summed E-state index contributed by atoms with van der Waals surface area (Å²) in [6.45, 7) is 0. The summed E-state index contributed by atoms with van der Waals surface area (Å²) in [5, 5.41) is 7.22. The van der Waals surface area contributed by atoms with Gasteiger partial charge in [0.05, 0.1) is 22.3 Å². The van der Waals surface area contributed by atoms with Crippen molar-refractivity contribution in [2.45, 2.75) is 0 Å². The van der Waals surface area contributed by atoms with E-state index in [1.54, 1.807) is 24.3 Å². The summed E-state index contributed by atoms with van der Waals surface area (Å²) in [6, 6.07) is 12.5. The number of rotatable bonds is 2. The first-order valence-electron chi connectivity index (χ1n) is 7.88. The van der Waals surface area contributed by atoms with E-state index < -0.39 is 23.6 Å². The molecule has 0 atom stereocenters. The van der Waals surface area contributed by atoms with Gasteiger partial charge in [0.2, 0.25) is 11.6 Å². The summed E-state index contributed by atoms with van der Waals surface area (Å²) >= 11 is 0. The Morgan fingerprint density at radius 1 is 0.556 bits per heavy atom. The molecule has 1 aromatic heterocycles. The van der Waals surface area contributed by atoms with E-state index in [0.717, 1.165) is 9.80 Å². The average Bonchev–Trinajstić information content (AvgIpc) is 3.32. The van der Waals surface area contributed by atoms with Crippen molar-refractivity contribution >= 4 is 35.3 Å². The van der Waals surface area contributed by atoms with Gasteiger partial charge in [0.25, 0.3) is 23.6 Å². The summed E-state index contributed by atoms with van der Waals surface area (Å²) in [5.74, 6) is -3.16. The van der Waals surface area contributed by atoms with Crippen LogP contribution in [0.5, 0.6) is 0 Å². The van der Waals surface area contributed by atoms with Crippen molar-refractivity contribution in [3.8, 4) is 0 Å². The first kappa shape index (κ1) is 15.1. The minimum Gasteiger partial charge on any atom is -0.268 e. The first-order chi connectivity index (χ1) is 13.1. The average molecular weight is 360 g/mol. The summed E-state index contributed by atoms with van der Waals surface area (Å²) in [5.41, 5.74) is 0.773. The Balaban J connectivity index is 1.61. The predicted molar refractivity (Wildman–Crippen MR) is 89.5 cm³/mol. The zero-order valence-electron chi connectivity index (χ0n) is 13.4. The molecule has 0 fully saturated rings. The number of hydrogen-bond donors (Lipinski definition) is 0. The van der Waals surface area contributed by atoms with Crippen molar-refractivity contribution in [2.75, 3.05) is 9.80 Å². The van der Waals surface area contributed by atoms with Crippen LogP contribution in [0.2, 0.25) is 0 Å². The van der Waals surface area contributed by atoms with Crippen LogP contribution in [0.15, 0.2) is 53.2 Å². The third-order valence-electron chi connectivity index (χ3n) is 4.47. The van der Waals surface area contributed by atoms with Gasteiger partial charge in [0, 0.05) is 0 Å². The molecule has 27 heavy (non-hydrogen) atoms. The van der Waals surface area contributed by atoms with Crippen LogP contribution in [0.1, 0.15) is 41.4 Å². The lowest BCUT2D eigenvalue weighted by Crippen LogP contribution is -2.35. The molecule has 0 bridgehead atoms. The van der Waals surface area contributed by atoms with Gasteiger partial charge in [-0.15, -0.1) is 0 Å². The highest BCUT2D eigenvalue weighted by atomic mass is 16.6. The number of anilines is 2. The molecule has 3 aromatic rings. The largest absolute Gasteiger partial charge is 0.268 e. The molecule has 2 aliphatic heterocycles. The quantitative estimate of drug-likeness (QED) is 0.639. The number of benzene rings is 2. The number of aromatic nitrogens is 2. The first-order valence-corrected chi connectivity index (χ1v) is 7.88. The number of fused-ring (bicyclic) bond motifs is 2. The van der Waals surface area contributed by atoms with Crippen molar-refractivity contribution in [2.24, 2.45) is 0 Å². The van der Waals surface area contributed by atoms with E-state index in [0.29, 0.717) is 0 Å². The zero-order chi connectivity index (χ0) is 18.7. The Bertz CT molecular complexity index is 1020. The molecule has 2 aliphatic rings. The van der Waals surface area contributed by atoms with Crippen LogP contribution in [0.25, 0.3) is 0 Å². The number of amides is 4. The van der Waals surface area contributed by atoms with Crippen molar-refractivity contribution in [1.29, 1.82) is 0 Å². The molecular weight excluding hydrogens is 352 g/mol. The molecule has 0 saturated carbocycles. The lowest BCUT2D eigenvalue weighted by molar-refractivity contribution is 0.0902. The summed E-state index contributed by atoms with van der Waals surface area (Å²) in [6.07, 6.45) is 0. The second-order valence-electron chi connectivity index (χ2n) is 5.89. The molecule has 2 aromatic carbocycles. The third kappa shape index (κ3) is 1.87. The molecule has 0 unspecified atom stereocenters. The van der Waals surface area contributed by atoms with Gasteiger partial charge in [-0.05, 0) is 34.6 Å². The Morgan fingerprint density at radius 2 is 0.852 bits per heavy atom. The third-order valence-corrected chi connectivity index (χ3v) is 4.47. The van der Waals surface area contributed by atoms with Crippen molar-refractivity contribution < 1.29 is 23.8 Å². The fourth-order valence-corrected chi connectivity index (χ4v) is 3.22. The molecule has 0 aliphatic carbocycles. The number of imide groups is 2. The fourth-order valence-electron chi connectivity index (χ4n) is 3.22. The number of hydrogen-bond acceptors (Lipinski definition) is 7. The van der Waals surface area contributed by atoms with Gasteiger partial charge in [0.15, 0.2) is 0 Å². The summed E-state index contributed by atoms with van der Waals surface area (Å²) < 4.78 is 4.67. The molecule has 0 spiro atoms. The minimum absolute atomic E-state index is 0.193. The fraction of sp³-hybridized carbons (Fsp3) is 0.